The summed E-state index contributed by atoms with van der Waals surface area (Å²) in [6, 6.07) is 22.9. The lowest BCUT2D eigenvalue weighted by molar-refractivity contribution is -0.120. The highest BCUT2D eigenvalue weighted by atomic mass is 32.1. The van der Waals surface area contributed by atoms with Crippen LogP contribution in [0.5, 0.6) is 0 Å². The number of aromatic amines is 1. The Morgan fingerprint density at radius 2 is 1.86 bits per heavy atom. The second-order valence-electron chi connectivity index (χ2n) is 8.68. The molecule has 35 heavy (non-hydrogen) atoms. The Kier molecular flexibility index (Phi) is 5.19. The van der Waals surface area contributed by atoms with Crippen molar-refractivity contribution in [1.29, 1.82) is 0 Å². The van der Waals surface area contributed by atoms with E-state index in [4.69, 9.17) is 0 Å². The molecule has 2 aromatic heterocycles. The summed E-state index contributed by atoms with van der Waals surface area (Å²) in [6.07, 6.45) is 1.92. The number of hydrogen-bond donors (Lipinski definition) is 2. The number of benzene rings is 3. The minimum atomic E-state index is -0.764. The van der Waals surface area contributed by atoms with Gasteiger partial charge in [0.15, 0.2) is 5.13 Å². The first-order valence-corrected chi connectivity index (χ1v) is 12.2. The first-order chi connectivity index (χ1) is 17.1. The molecule has 3 heterocycles. The van der Waals surface area contributed by atoms with E-state index in [9.17, 15) is 9.59 Å². The molecule has 6 nitrogen and oxygen atoms in total. The van der Waals surface area contributed by atoms with Crippen molar-refractivity contribution in [3.8, 4) is 11.1 Å². The van der Waals surface area contributed by atoms with Gasteiger partial charge in [0.05, 0.1) is 5.69 Å². The maximum Gasteiger partial charge on any atom is 0.255 e. The van der Waals surface area contributed by atoms with Gasteiger partial charge in [-0.1, -0.05) is 48.5 Å². The molecule has 5 aromatic rings. The molecular weight excluding hydrogens is 456 g/mol. The van der Waals surface area contributed by atoms with Gasteiger partial charge in [0, 0.05) is 29.2 Å². The smallest absolute Gasteiger partial charge is 0.255 e. The maximum atomic E-state index is 13.7. The monoisotopic (exact) mass is 478 g/mol. The van der Waals surface area contributed by atoms with Crippen LogP contribution in [0.2, 0.25) is 0 Å². The normalized spacial score (nSPS) is 13.7. The number of H-pyrrole nitrogens is 1. The Morgan fingerprint density at radius 3 is 2.66 bits per heavy atom. The van der Waals surface area contributed by atoms with Crippen LogP contribution in [0.1, 0.15) is 33.2 Å². The van der Waals surface area contributed by atoms with Crippen LogP contribution in [0.4, 0.5) is 5.13 Å². The molecular formula is C28H22N4O2S. The number of carbonyl (C=O) groups is 2. The summed E-state index contributed by atoms with van der Waals surface area (Å²) in [4.78, 5) is 36.3. The number of carbonyl (C=O) groups excluding carboxylic acids is 2. The van der Waals surface area contributed by atoms with Crippen LogP contribution in [-0.2, 0) is 11.3 Å². The summed E-state index contributed by atoms with van der Waals surface area (Å²) in [7, 11) is 0. The van der Waals surface area contributed by atoms with Crippen molar-refractivity contribution in [2.45, 2.75) is 19.5 Å². The zero-order chi connectivity index (χ0) is 23.9. The van der Waals surface area contributed by atoms with Crippen molar-refractivity contribution < 1.29 is 9.59 Å². The third kappa shape index (κ3) is 3.90. The third-order valence-electron chi connectivity index (χ3n) is 6.35. The third-order valence-corrected chi connectivity index (χ3v) is 7.23. The quantitative estimate of drug-likeness (QED) is 0.328. The summed E-state index contributed by atoms with van der Waals surface area (Å²) in [5.41, 5.74) is 6.25. The van der Waals surface area contributed by atoms with Gasteiger partial charge in [-0.2, -0.15) is 0 Å². The summed E-state index contributed by atoms with van der Waals surface area (Å²) >= 11 is 1.37. The van der Waals surface area contributed by atoms with E-state index < -0.39 is 6.04 Å². The summed E-state index contributed by atoms with van der Waals surface area (Å²) in [6.45, 7) is 2.25. The number of thiazole rings is 1. The molecule has 1 unspecified atom stereocenters. The molecule has 172 valence electrons. The predicted molar refractivity (Wildman–Crippen MR) is 138 cm³/mol. The van der Waals surface area contributed by atoms with Gasteiger partial charge < -0.3 is 9.88 Å². The molecule has 0 bridgehead atoms. The van der Waals surface area contributed by atoms with Gasteiger partial charge in [-0.3, -0.25) is 14.9 Å². The molecule has 0 spiro atoms. The number of aromatic nitrogens is 2. The second-order valence-corrected chi connectivity index (χ2v) is 9.54. The minimum Gasteiger partial charge on any atom is -0.361 e. The van der Waals surface area contributed by atoms with Crippen LogP contribution < -0.4 is 5.32 Å². The van der Waals surface area contributed by atoms with Crippen LogP contribution in [0.15, 0.2) is 84.4 Å². The molecule has 2 amide bonds. The number of hydrogen-bond acceptors (Lipinski definition) is 4. The van der Waals surface area contributed by atoms with Crippen LogP contribution in [0.25, 0.3) is 22.0 Å². The fourth-order valence-electron chi connectivity index (χ4n) is 4.64. The number of amides is 2. The molecule has 2 N–H and O–H groups in total. The van der Waals surface area contributed by atoms with Gasteiger partial charge in [0.25, 0.3) is 11.8 Å². The lowest BCUT2D eigenvalue weighted by Gasteiger charge is -2.27. The van der Waals surface area contributed by atoms with Crippen LogP contribution in [0.3, 0.4) is 0 Å². The molecule has 0 aliphatic carbocycles. The van der Waals surface area contributed by atoms with E-state index in [0.717, 1.165) is 38.9 Å². The predicted octanol–water partition coefficient (Wildman–Crippen LogP) is 5.94. The number of nitrogens with one attached hydrogen (secondary N) is 2. The molecule has 1 aliphatic rings. The molecule has 0 fully saturated rings. The largest absolute Gasteiger partial charge is 0.361 e. The fourth-order valence-corrected chi connectivity index (χ4v) is 5.33. The number of fused-ring (bicyclic) bond motifs is 2. The van der Waals surface area contributed by atoms with E-state index in [1.54, 1.807) is 4.90 Å². The molecule has 0 saturated heterocycles. The Morgan fingerprint density at radius 1 is 1.06 bits per heavy atom. The Bertz CT molecular complexity index is 1570. The van der Waals surface area contributed by atoms with Crippen molar-refractivity contribution in [2.75, 3.05) is 5.32 Å². The van der Waals surface area contributed by atoms with E-state index >= 15 is 0 Å². The van der Waals surface area contributed by atoms with E-state index in [1.165, 1.54) is 11.3 Å². The van der Waals surface area contributed by atoms with Gasteiger partial charge in [-0.25, -0.2) is 4.98 Å². The Hall–Kier alpha value is -4.23. The van der Waals surface area contributed by atoms with Crippen LogP contribution in [0, 0.1) is 6.92 Å². The van der Waals surface area contributed by atoms with Crippen molar-refractivity contribution in [2.24, 2.45) is 0 Å². The molecule has 3 aromatic carbocycles. The van der Waals surface area contributed by atoms with Crippen molar-refractivity contribution in [3.05, 3.63) is 107 Å². The van der Waals surface area contributed by atoms with Crippen molar-refractivity contribution in [3.63, 3.8) is 0 Å². The first kappa shape index (κ1) is 21.3. The number of aryl methyl sites for hydroxylation is 1. The zero-order valence-corrected chi connectivity index (χ0v) is 19.8. The number of anilines is 1. The number of nitrogens with zero attached hydrogens (tertiary/aromatic N) is 2. The average Bonchev–Trinajstić information content (AvgIpc) is 3.59. The summed E-state index contributed by atoms with van der Waals surface area (Å²) in [5, 5.41) is 6.44. The van der Waals surface area contributed by atoms with Gasteiger partial charge in [0.2, 0.25) is 0 Å². The van der Waals surface area contributed by atoms with Crippen molar-refractivity contribution in [1.82, 2.24) is 14.9 Å². The minimum absolute atomic E-state index is 0.149. The summed E-state index contributed by atoms with van der Waals surface area (Å²) < 4.78 is 0. The molecule has 7 heteroatoms. The molecule has 1 aliphatic heterocycles. The second kappa shape index (κ2) is 8.52. The van der Waals surface area contributed by atoms with E-state index in [0.29, 0.717) is 17.2 Å². The van der Waals surface area contributed by atoms with E-state index in [1.807, 2.05) is 85.2 Å². The lowest BCUT2D eigenvalue weighted by Crippen LogP contribution is -2.37. The Balaban J connectivity index is 1.34. The average molecular weight is 479 g/mol. The summed E-state index contributed by atoms with van der Waals surface area (Å²) in [5.74, 6) is -0.422. The molecule has 0 saturated carbocycles. The highest BCUT2D eigenvalue weighted by molar-refractivity contribution is 7.13. The van der Waals surface area contributed by atoms with Gasteiger partial charge in [-0.15, -0.1) is 11.3 Å². The lowest BCUT2D eigenvalue weighted by atomic mass is 9.99. The fraction of sp³-hybridized carbons (Fsp3) is 0.107. The van der Waals surface area contributed by atoms with Crippen molar-refractivity contribution >= 4 is 39.2 Å². The molecule has 1 atom stereocenters. The molecule has 0 radical (unpaired) electrons. The van der Waals surface area contributed by atoms with Crippen LogP contribution in [-0.4, -0.2) is 26.7 Å². The highest BCUT2D eigenvalue weighted by Gasteiger charge is 2.37. The topological polar surface area (TPSA) is 78.1 Å². The van der Waals surface area contributed by atoms with E-state index in [-0.39, 0.29) is 11.8 Å². The van der Waals surface area contributed by atoms with Gasteiger partial charge >= 0.3 is 0 Å². The standard InChI is InChI=1S/C28H22N4O2S/c1-17-16-35-28(30-17)31-26(33)25(18-5-3-2-4-6-18)32-15-22-8-7-20(14-23(22)27(32)34)19-9-10-24-21(13-19)11-12-29-24/h2-14,16,25,29H,15H2,1H3,(H,30,31,33). The van der Waals surface area contributed by atoms with E-state index in [2.05, 4.69) is 21.4 Å². The highest BCUT2D eigenvalue weighted by Crippen LogP contribution is 2.35. The number of rotatable bonds is 5. The first-order valence-electron chi connectivity index (χ1n) is 11.4. The maximum absolute atomic E-state index is 13.7. The zero-order valence-electron chi connectivity index (χ0n) is 19.0. The van der Waals surface area contributed by atoms with Gasteiger partial charge in [0.1, 0.15) is 6.04 Å². The van der Waals surface area contributed by atoms with Crippen LogP contribution >= 0.6 is 11.3 Å². The molecule has 6 rings (SSSR count). The van der Waals surface area contributed by atoms with Gasteiger partial charge in [-0.05, 0) is 58.8 Å². The SMILES string of the molecule is Cc1csc(NC(=O)C(c2ccccc2)N2Cc3ccc(-c4ccc5[nH]ccc5c4)cc3C2=O)n1. The Labute approximate surface area is 206 Å².